The molecule has 0 aromatic heterocycles. The number of anilines is 1. The number of fused-ring (bicyclic) bond motifs is 1. The lowest BCUT2D eigenvalue weighted by atomic mass is 10.1. The van der Waals surface area contributed by atoms with E-state index in [-0.39, 0.29) is 12.5 Å². The summed E-state index contributed by atoms with van der Waals surface area (Å²) >= 11 is 5.83. The zero-order valence-electron chi connectivity index (χ0n) is 18.5. The number of hydrogen-bond donors (Lipinski definition) is 1. The van der Waals surface area contributed by atoms with Crippen LogP contribution in [-0.2, 0) is 16.2 Å². The monoisotopic (exact) mass is 474 g/mol. The Morgan fingerprint density at radius 2 is 1.76 bits per heavy atom. The van der Waals surface area contributed by atoms with Gasteiger partial charge in [0.05, 0.1) is 13.3 Å². The normalized spacial score (nSPS) is 10.9. The maximum Gasteiger partial charge on any atom is 0.265 e. The van der Waals surface area contributed by atoms with E-state index in [2.05, 4.69) is 34.7 Å². The third-order valence-corrected chi connectivity index (χ3v) is 5.30. The van der Waals surface area contributed by atoms with Crippen molar-refractivity contribution in [2.24, 2.45) is 5.16 Å². The topological polar surface area (TPSA) is 69.2 Å². The molecule has 0 aliphatic heterocycles. The van der Waals surface area contributed by atoms with E-state index in [1.807, 2.05) is 30.3 Å². The van der Waals surface area contributed by atoms with Crippen LogP contribution in [0.25, 0.3) is 10.8 Å². The number of carbonyl (C=O) groups excluding carboxylic acids is 1. The summed E-state index contributed by atoms with van der Waals surface area (Å²) < 4.78 is 11.5. The number of hydrogen-bond acceptors (Lipinski definition) is 5. The molecular formula is C27H23ClN2O4. The van der Waals surface area contributed by atoms with Gasteiger partial charge in [0.1, 0.15) is 6.61 Å². The van der Waals surface area contributed by atoms with Crippen molar-refractivity contribution in [3.8, 4) is 11.5 Å². The first-order valence-corrected chi connectivity index (χ1v) is 11.0. The van der Waals surface area contributed by atoms with E-state index in [9.17, 15) is 4.79 Å². The summed E-state index contributed by atoms with van der Waals surface area (Å²) in [6.07, 6.45) is 1.51. The molecule has 172 valence electrons. The molecule has 4 rings (SSSR count). The number of ether oxygens (including phenoxy) is 2. The number of benzene rings is 4. The number of amides is 1. The fourth-order valence-electron chi connectivity index (χ4n) is 3.38. The molecule has 6 nitrogen and oxygen atoms in total. The van der Waals surface area contributed by atoms with E-state index in [1.165, 1.54) is 11.6 Å². The van der Waals surface area contributed by atoms with E-state index >= 15 is 0 Å². The van der Waals surface area contributed by atoms with E-state index in [0.717, 1.165) is 16.5 Å². The van der Waals surface area contributed by atoms with Gasteiger partial charge in [-0.3, -0.25) is 4.79 Å². The standard InChI is InChI=1S/C27H23ClN2O4/c1-32-26-15-19(16-29-34-18-27(31)30-23-12-10-22(28)11-13-23)9-14-25(26)33-17-21-7-4-6-20-5-2-3-8-24(20)21/h2-16H,17-18H2,1H3,(H,30,31)/b29-16+. The summed E-state index contributed by atoms with van der Waals surface area (Å²) in [5, 5.41) is 9.49. The molecule has 7 heteroatoms. The maximum absolute atomic E-state index is 11.9. The first-order chi connectivity index (χ1) is 16.6. The van der Waals surface area contributed by atoms with Gasteiger partial charge in [-0.1, -0.05) is 59.2 Å². The van der Waals surface area contributed by atoms with Gasteiger partial charge in [-0.25, -0.2) is 0 Å². The fourth-order valence-corrected chi connectivity index (χ4v) is 3.51. The molecule has 0 bridgehead atoms. The van der Waals surface area contributed by atoms with Crippen molar-refractivity contribution in [3.63, 3.8) is 0 Å². The summed E-state index contributed by atoms with van der Waals surface area (Å²) in [4.78, 5) is 17.0. The van der Waals surface area contributed by atoms with E-state index < -0.39 is 0 Å². The Labute approximate surface area is 202 Å². The third kappa shape index (κ3) is 6.05. The highest BCUT2D eigenvalue weighted by molar-refractivity contribution is 6.30. The lowest BCUT2D eigenvalue weighted by Crippen LogP contribution is -2.16. The second kappa shape index (κ2) is 11.2. The molecule has 4 aromatic rings. The van der Waals surface area contributed by atoms with Crippen LogP contribution in [0.5, 0.6) is 11.5 Å². The van der Waals surface area contributed by atoms with Crippen molar-refractivity contribution in [2.75, 3.05) is 19.0 Å². The lowest BCUT2D eigenvalue weighted by molar-refractivity contribution is -0.120. The average Bonchev–Trinajstić information content (AvgIpc) is 2.87. The fraction of sp³-hybridized carbons (Fsp3) is 0.111. The van der Waals surface area contributed by atoms with Gasteiger partial charge in [-0.2, -0.15) is 0 Å². The average molecular weight is 475 g/mol. The van der Waals surface area contributed by atoms with Crippen LogP contribution in [0.4, 0.5) is 5.69 Å². The van der Waals surface area contributed by atoms with Crippen LogP contribution in [0.1, 0.15) is 11.1 Å². The van der Waals surface area contributed by atoms with Crippen LogP contribution >= 0.6 is 11.6 Å². The number of nitrogens with zero attached hydrogens (tertiary/aromatic N) is 1. The molecule has 0 heterocycles. The van der Waals surface area contributed by atoms with Crippen LogP contribution in [0, 0.1) is 0 Å². The van der Waals surface area contributed by atoms with Gasteiger partial charge >= 0.3 is 0 Å². The van der Waals surface area contributed by atoms with Crippen LogP contribution in [0.3, 0.4) is 0 Å². The second-order valence-corrected chi connectivity index (χ2v) is 7.84. The summed E-state index contributed by atoms with van der Waals surface area (Å²) in [6, 6.07) is 26.6. The molecule has 0 atom stereocenters. The van der Waals surface area contributed by atoms with Crippen molar-refractivity contribution in [2.45, 2.75) is 6.61 Å². The Kier molecular flexibility index (Phi) is 7.63. The number of rotatable bonds is 9. The van der Waals surface area contributed by atoms with Crippen molar-refractivity contribution in [1.29, 1.82) is 0 Å². The molecular weight excluding hydrogens is 452 g/mol. The largest absolute Gasteiger partial charge is 0.493 e. The van der Waals surface area contributed by atoms with Crippen LogP contribution in [-0.4, -0.2) is 25.8 Å². The quantitative estimate of drug-likeness (QED) is 0.236. The molecule has 1 N–H and O–H groups in total. The summed E-state index contributed by atoms with van der Waals surface area (Å²) in [5.41, 5.74) is 2.47. The van der Waals surface area contributed by atoms with Gasteiger partial charge in [0.15, 0.2) is 18.1 Å². The molecule has 0 aliphatic carbocycles. The Hall–Kier alpha value is -4.03. The van der Waals surface area contributed by atoms with Crippen molar-refractivity contribution in [1.82, 2.24) is 0 Å². The van der Waals surface area contributed by atoms with Gasteiger partial charge in [0.25, 0.3) is 5.91 Å². The highest BCUT2D eigenvalue weighted by Crippen LogP contribution is 2.29. The Morgan fingerprint density at radius 1 is 0.971 bits per heavy atom. The summed E-state index contributed by atoms with van der Waals surface area (Å²) in [7, 11) is 1.58. The Balaban J connectivity index is 1.33. The van der Waals surface area contributed by atoms with E-state index in [1.54, 1.807) is 37.4 Å². The predicted octanol–water partition coefficient (Wildman–Crippen LogP) is 6.07. The minimum Gasteiger partial charge on any atom is -0.493 e. The minimum absolute atomic E-state index is 0.220. The molecule has 0 saturated carbocycles. The molecule has 0 spiro atoms. The van der Waals surface area contributed by atoms with Crippen LogP contribution in [0.15, 0.2) is 90.1 Å². The first kappa shape index (κ1) is 23.1. The summed E-state index contributed by atoms with van der Waals surface area (Å²) in [6.45, 7) is 0.194. The number of halogens is 1. The number of nitrogens with one attached hydrogen (secondary N) is 1. The first-order valence-electron chi connectivity index (χ1n) is 10.6. The highest BCUT2D eigenvalue weighted by atomic mass is 35.5. The minimum atomic E-state index is -0.325. The third-order valence-electron chi connectivity index (χ3n) is 5.05. The second-order valence-electron chi connectivity index (χ2n) is 7.40. The van der Waals surface area contributed by atoms with Crippen molar-refractivity contribution < 1.29 is 19.1 Å². The van der Waals surface area contributed by atoms with E-state index in [0.29, 0.717) is 28.8 Å². The van der Waals surface area contributed by atoms with Gasteiger partial charge in [-0.15, -0.1) is 0 Å². The molecule has 0 aliphatic rings. The molecule has 4 aromatic carbocycles. The van der Waals surface area contributed by atoms with Crippen molar-refractivity contribution in [3.05, 3.63) is 101 Å². The molecule has 0 radical (unpaired) electrons. The maximum atomic E-state index is 11.9. The molecule has 0 fully saturated rings. The van der Waals surface area contributed by atoms with Gasteiger partial charge in [-0.05, 0) is 58.8 Å². The zero-order valence-corrected chi connectivity index (χ0v) is 19.3. The lowest BCUT2D eigenvalue weighted by Gasteiger charge is -2.12. The van der Waals surface area contributed by atoms with E-state index in [4.69, 9.17) is 25.9 Å². The van der Waals surface area contributed by atoms with Crippen LogP contribution in [0.2, 0.25) is 5.02 Å². The van der Waals surface area contributed by atoms with Crippen LogP contribution < -0.4 is 14.8 Å². The summed E-state index contributed by atoms with van der Waals surface area (Å²) in [5.74, 6) is 0.870. The van der Waals surface area contributed by atoms with Gasteiger partial charge in [0.2, 0.25) is 0 Å². The predicted molar refractivity (Wildman–Crippen MR) is 135 cm³/mol. The van der Waals surface area contributed by atoms with Gasteiger partial charge < -0.3 is 19.6 Å². The highest BCUT2D eigenvalue weighted by Gasteiger charge is 2.08. The Morgan fingerprint density at radius 3 is 2.59 bits per heavy atom. The van der Waals surface area contributed by atoms with Gasteiger partial charge in [0, 0.05) is 16.3 Å². The zero-order chi connectivity index (χ0) is 23.8. The molecule has 34 heavy (non-hydrogen) atoms. The Bertz CT molecular complexity index is 1300. The number of carbonyl (C=O) groups is 1. The number of methoxy groups -OCH3 is 1. The SMILES string of the molecule is COc1cc(/C=N/OCC(=O)Nc2ccc(Cl)cc2)ccc1OCc1cccc2ccccc12. The number of oxime groups is 1. The molecule has 0 saturated heterocycles. The molecule has 0 unspecified atom stereocenters. The van der Waals surface area contributed by atoms with Crippen molar-refractivity contribution >= 4 is 40.2 Å². The molecule has 1 amide bonds. The smallest absolute Gasteiger partial charge is 0.265 e.